The van der Waals surface area contributed by atoms with Crippen LogP contribution in [-0.2, 0) is 50.3 Å². The van der Waals surface area contributed by atoms with Gasteiger partial charge in [0.2, 0.25) is 0 Å². The second-order valence-electron chi connectivity index (χ2n) is 16.5. The van der Waals surface area contributed by atoms with Gasteiger partial charge in [-0.15, -0.1) is 113 Å². The Hall–Kier alpha value is -7.70. The molecule has 0 atom stereocenters. The zero-order valence-electron chi connectivity index (χ0n) is 57.3. The predicted molar refractivity (Wildman–Crippen MR) is 353 cm³/mol. The van der Waals surface area contributed by atoms with Crippen LogP contribution in [0.25, 0.3) is 85.4 Å². The summed E-state index contributed by atoms with van der Waals surface area (Å²) in [6.07, 6.45) is 11.5. The van der Waals surface area contributed by atoms with Crippen molar-refractivity contribution in [2.24, 2.45) is 0 Å². The number of thiophene rings is 2. The molecular formula is C70H60B2Ir2N4O5S3-4. The molecule has 86 heavy (non-hydrogen) atoms. The third-order valence-electron chi connectivity index (χ3n) is 10.6. The molecule has 0 saturated heterocycles. The molecule has 9 nitrogen and oxygen atoms in total. The zero-order valence-corrected chi connectivity index (χ0v) is 54.5. The van der Waals surface area contributed by atoms with Gasteiger partial charge in [-0.3, -0.25) is 4.98 Å². The van der Waals surface area contributed by atoms with Crippen LogP contribution in [0.2, 0.25) is 0 Å². The number of nitrogens with zero attached hydrogens (tertiary/aromatic N) is 4. The number of fused-ring (bicyclic) bond motifs is 6. The summed E-state index contributed by atoms with van der Waals surface area (Å²) in [6, 6.07) is 58.0. The standard InChI is InChI=1S/C18H13NS.C18H12NS.2C12H10N.C7H4.CH4O3S.2CH4O.B2.2Ir/c2*1-12-9-10-16(19-11-12)15-7-4-6-14-13-5-2-3-8-17(13)20-18(14)15;2*1-10-7-8-12(13-9-10)11-5-3-2-4-6-11;1-3-5-7-6-4-2;1-5(2,3)4;3*1-2;;/h2-11H,1H3;2-6,8-11H,1H3;2*2-5,7-9H,1H3;1H,2H3;1H3,(H,2,3,4);2*2H,1H3;;;/q;3*-1;;;;;;;/p-1/i2*1D3,9D,10D;;;;;;;;;. The van der Waals surface area contributed by atoms with E-state index in [0.29, 0.717) is 17.5 Å². The Bertz CT molecular complexity index is 4450. The topological polar surface area (TPSA) is 149 Å². The molecule has 0 aliphatic carbocycles. The summed E-state index contributed by atoms with van der Waals surface area (Å²) in [5.41, 5.74) is 8.03. The molecule has 0 aliphatic heterocycles. The average Bonchev–Trinajstić information content (AvgIpc) is 1.49. The Kier molecular flexibility index (Phi) is 27.7. The van der Waals surface area contributed by atoms with Crippen molar-refractivity contribution in [2.75, 3.05) is 20.5 Å². The minimum atomic E-state index is -3.92. The summed E-state index contributed by atoms with van der Waals surface area (Å²) in [5.74, 6) is 12.0. The molecule has 6 radical (unpaired) electrons. The van der Waals surface area contributed by atoms with Gasteiger partial charge < -0.3 is 29.7 Å². The van der Waals surface area contributed by atoms with Crippen LogP contribution < -0.4 is 0 Å². The van der Waals surface area contributed by atoms with E-state index in [1.54, 1.807) is 35.7 Å². The van der Waals surface area contributed by atoms with Crippen LogP contribution in [-0.4, -0.2) is 79.1 Å². The Morgan fingerprint density at radius 1 is 0.535 bits per heavy atom. The first-order chi connectivity index (χ1) is 44.9. The van der Waals surface area contributed by atoms with E-state index in [2.05, 4.69) is 101 Å². The van der Waals surface area contributed by atoms with E-state index in [9.17, 15) is 0 Å². The van der Waals surface area contributed by atoms with Crippen molar-refractivity contribution in [1.29, 1.82) is 0 Å². The van der Waals surface area contributed by atoms with E-state index >= 15 is 0 Å². The molecule has 6 aromatic heterocycles. The first-order valence-corrected chi connectivity index (χ1v) is 28.3. The molecule has 0 saturated carbocycles. The van der Waals surface area contributed by atoms with Gasteiger partial charge in [-0.1, -0.05) is 108 Å². The quantitative estimate of drug-likeness (QED) is 0.0760. The number of rotatable bonds is 4. The minimum Gasteiger partial charge on any atom is -0.748 e. The maximum Gasteiger partial charge on any atom is 0.0916 e. The molecule has 0 fully saturated rings. The molecule has 6 heterocycles. The second kappa shape index (κ2) is 40.6. The molecule has 16 heteroatoms. The van der Waals surface area contributed by atoms with Crippen molar-refractivity contribution in [3.8, 4) is 81.1 Å². The van der Waals surface area contributed by atoms with E-state index in [1.807, 2.05) is 154 Å². The van der Waals surface area contributed by atoms with Gasteiger partial charge in [-0.05, 0) is 126 Å². The Labute approximate surface area is 558 Å². The number of terminal acetylenes is 1. The molecule has 6 aromatic carbocycles. The number of aliphatic hydroxyl groups excluding tert-OH is 2. The van der Waals surface area contributed by atoms with Gasteiger partial charge in [0.1, 0.15) is 0 Å². The van der Waals surface area contributed by atoms with E-state index < -0.39 is 23.8 Å². The van der Waals surface area contributed by atoms with Crippen LogP contribution in [0.4, 0.5) is 0 Å². The number of hydrogen-bond donors (Lipinski definition) is 2. The van der Waals surface area contributed by atoms with Crippen LogP contribution in [0.15, 0.2) is 201 Å². The zero-order chi connectivity index (χ0) is 69.8. The number of aliphatic hydroxyl groups is 2. The van der Waals surface area contributed by atoms with Gasteiger partial charge in [0.05, 0.1) is 21.3 Å². The van der Waals surface area contributed by atoms with Gasteiger partial charge in [0, 0.05) is 140 Å². The van der Waals surface area contributed by atoms with Crippen LogP contribution in [0.1, 0.15) is 42.9 Å². The third kappa shape index (κ3) is 24.0. The van der Waals surface area contributed by atoms with Crippen molar-refractivity contribution in [2.45, 2.75) is 34.5 Å². The Morgan fingerprint density at radius 3 is 1.44 bits per heavy atom. The van der Waals surface area contributed by atoms with Crippen LogP contribution in [0.5, 0.6) is 0 Å². The van der Waals surface area contributed by atoms with Crippen molar-refractivity contribution in [3.05, 3.63) is 241 Å². The first-order valence-electron chi connectivity index (χ1n) is 29.9. The molecule has 0 amide bonds. The molecule has 0 unspecified atom stereocenters. The van der Waals surface area contributed by atoms with Gasteiger partial charge in [0.25, 0.3) is 0 Å². The van der Waals surface area contributed by atoms with E-state index in [0.717, 1.165) is 82.6 Å². The van der Waals surface area contributed by atoms with Crippen molar-refractivity contribution >= 4 is 88.6 Å². The predicted octanol–water partition coefficient (Wildman–Crippen LogP) is 14.6. The van der Waals surface area contributed by atoms with E-state index in [4.69, 9.17) is 43.3 Å². The Morgan fingerprint density at radius 2 is 0.977 bits per heavy atom. The molecule has 0 aliphatic rings. The molecule has 12 aromatic rings. The fourth-order valence-electron chi connectivity index (χ4n) is 7.19. The number of pyridine rings is 4. The van der Waals surface area contributed by atoms with Gasteiger partial charge >= 0.3 is 0 Å². The van der Waals surface area contributed by atoms with Gasteiger partial charge in [0.15, 0.2) is 0 Å². The van der Waals surface area contributed by atoms with Crippen LogP contribution >= 0.6 is 22.7 Å². The van der Waals surface area contributed by atoms with Crippen LogP contribution in [0, 0.1) is 81.8 Å². The van der Waals surface area contributed by atoms with Gasteiger partial charge in [-0.25, -0.2) is 8.42 Å². The molecule has 12 rings (SSSR count). The number of benzene rings is 6. The monoisotopic (exact) mass is 1550 g/mol. The summed E-state index contributed by atoms with van der Waals surface area (Å²) in [5, 5.41) is 18.4. The average molecular weight is 1550 g/mol. The number of aromatic nitrogens is 4. The van der Waals surface area contributed by atoms with Gasteiger partial charge in [-0.2, -0.15) is 11.3 Å². The number of aryl methyl sites for hydroxylation is 4. The molecule has 436 valence electrons. The van der Waals surface area contributed by atoms with Crippen LogP contribution in [0.3, 0.4) is 0 Å². The second-order valence-corrected chi connectivity index (χ2v) is 20.0. The van der Waals surface area contributed by atoms with Crippen molar-refractivity contribution < 1.29 is 77.1 Å². The van der Waals surface area contributed by atoms with Crippen molar-refractivity contribution in [3.63, 3.8) is 0 Å². The number of hydrogen-bond acceptors (Lipinski definition) is 11. The maximum absolute atomic E-state index is 9.08. The molecule has 0 bridgehead atoms. The van der Waals surface area contributed by atoms with E-state index in [-0.39, 0.29) is 81.2 Å². The summed E-state index contributed by atoms with van der Waals surface area (Å²) in [6.45, 7) is 0.885. The third-order valence-corrected chi connectivity index (χ3v) is 13.1. The fourth-order valence-corrected chi connectivity index (χ4v) is 9.61. The minimum absolute atomic E-state index is 0. The molecular weight excluding hydrogens is 1480 g/mol. The fraction of sp³-hybridized carbons (Fsp3) is 0.114. The largest absolute Gasteiger partial charge is 0.748 e. The molecule has 0 spiro atoms. The Balaban J connectivity index is 0.000000410. The first kappa shape index (κ1) is 58.7. The summed E-state index contributed by atoms with van der Waals surface area (Å²) in [4.78, 5) is 17.1. The summed E-state index contributed by atoms with van der Waals surface area (Å²) < 4.78 is 109. The smallest absolute Gasteiger partial charge is 0.0916 e. The molecule has 2 N–H and O–H groups in total. The van der Waals surface area contributed by atoms with Crippen molar-refractivity contribution in [1.82, 2.24) is 19.9 Å². The normalized spacial score (nSPS) is 11.3. The summed E-state index contributed by atoms with van der Waals surface area (Å²) in [7, 11) is 6.08. The summed E-state index contributed by atoms with van der Waals surface area (Å²) >= 11 is 3.19. The van der Waals surface area contributed by atoms with E-state index in [1.165, 1.54) is 23.5 Å². The maximum atomic E-state index is 9.08. The SMILES string of the molecule is C#CC#CC#CC.CO.CO.CS(=O)(=O)[O-].Cc1ccc(-c2[c-]cccc2)nc1.Cc1ccc(-c2[c-]cccc2)nc1.[2H]c1c(C([2H])([2H])[2H])cnc(-c2[c-]ccc3c2sc2ccccc23)c1[2H].[2H]c1c(C([2H])([2H])[2H])cnc(-c2cccc3c2sc2ccccc23)c1[2H].[B][B].[Ir].[Ir].